The van der Waals surface area contributed by atoms with Crippen LogP contribution in [0.4, 0.5) is 5.69 Å². The highest BCUT2D eigenvalue weighted by Crippen LogP contribution is 2.59. The molecule has 0 bridgehead atoms. The number of rotatable bonds is 2. The number of anilines is 1. The topological polar surface area (TPSA) is 3.24 Å². The Morgan fingerprint density at radius 1 is 0.568 bits per heavy atom. The SMILES string of the molecule is c1ccc2c(c1)CCCN2Cc1cccc2c1-c1ccccc1C21c2ccccc2Cc2ccccc21. The van der Waals surface area contributed by atoms with Crippen LogP contribution in [0, 0.1) is 0 Å². The molecule has 1 heterocycles. The Bertz CT molecular complexity index is 1630. The minimum absolute atomic E-state index is 0.271. The van der Waals surface area contributed by atoms with Crippen molar-refractivity contribution in [3.8, 4) is 11.1 Å². The second kappa shape index (κ2) is 7.95. The Morgan fingerprint density at radius 2 is 1.19 bits per heavy atom. The molecule has 178 valence electrons. The molecule has 1 heteroatoms. The van der Waals surface area contributed by atoms with E-state index in [0.717, 1.165) is 19.5 Å². The summed E-state index contributed by atoms with van der Waals surface area (Å²) in [6, 6.07) is 43.5. The van der Waals surface area contributed by atoms with Gasteiger partial charge in [-0.25, -0.2) is 0 Å². The Balaban J connectivity index is 1.40. The van der Waals surface area contributed by atoms with Crippen LogP contribution >= 0.6 is 0 Å². The molecular weight excluding hydrogens is 446 g/mol. The summed E-state index contributed by atoms with van der Waals surface area (Å²) >= 11 is 0. The number of benzene rings is 5. The zero-order chi connectivity index (χ0) is 24.4. The van der Waals surface area contributed by atoms with E-state index in [1.165, 1.54) is 74.2 Å². The smallest absolute Gasteiger partial charge is 0.0719 e. The van der Waals surface area contributed by atoms with Gasteiger partial charge in [-0.15, -0.1) is 0 Å². The van der Waals surface area contributed by atoms with E-state index in [2.05, 4.69) is 120 Å². The van der Waals surface area contributed by atoms with Gasteiger partial charge in [0.2, 0.25) is 0 Å². The molecule has 1 spiro atoms. The fourth-order valence-electron chi connectivity index (χ4n) is 7.53. The van der Waals surface area contributed by atoms with Crippen LogP contribution in [-0.4, -0.2) is 6.54 Å². The number of para-hydroxylation sites is 1. The van der Waals surface area contributed by atoms with E-state index in [-0.39, 0.29) is 5.41 Å². The van der Waals surface area contributed by atoms with Gasteiger partial charge in [-0.3, -0.25) is 0 Å². The van der Waals surface area contributed by atoms with Crippen molar-refractivity contribution >= 4 is 5.69 Å². The first kappa shape index (κ1) is 21.0. The summed E-state index contributed by atoms with van der Waals surface area (Å²) in [4.78, 5) is 2.60. The van der Waals surface area contributed by atoms with Crippen molar-refractivity contribution in [2.24, 2.45) is 0 Å². The average molecular weight is 476 g/mol. The van der Waals surface area contributed by atoms with E-state index >= 15 is 0 Å². The van der Waals surface area contributed by atoms with Crippen molar-refractivity contribution in [1.29, 1.82) is 0 Å². The first-order valence-electron chi connectivity index (χ1n) is 13.6. The van der Waals surface area contributed by atoms with Crippen LogP contribution < -0.4 is 4.90 Å². The predicted octanol–water partition coefficient (Wildman–Crippen LogP) is 7.91. The third-order valence-electron chi connectivity index (χ3n) is 8.95. The van der Waals surface area contributed by atoms with Crippen molar-refractivity contribution in [1.82, 2.24) is 0 Å². The van der Waals surface area contributed by atoms with E-state index in [1.807, 2.05) is 0 Å². The standard InChI is InChI=1S/C36H29N/c1-5-17-30-26(12-1)23-27-13-2-6-18-31(27)36(30)32-19-7-4-16-29(32)35-28(14-9-20-33(35)36)24-37-22-10-15-25-11-3-8-21-34(25)37/h1-9,11-14,16-21H,10,15,22-24H2. The summed E-state index contributed by atoms with van der Waals surface area (Å²) in [6.07, 6.45) is 3.39. The lowest BCUT2D eigenvalue weighted by Crippen LogP contribution is -2.34. The van der Waals surface area contributed by atoms with Crippen LogP contribution in [0.5, 0.6) is 0 Å². The molecule has 2 aliphatic carbocycles. The molecule has 3 aliphatic rings. The molecule has 0 aromatic heterocycles. The van der Waals surface area contributed by atoms with Gasteiger partial charge in [0.15, 0.2) is 0 Å². The van der Waals surface area contributed by atoms with Gasteiger partial charge in [-0.2, -0.15) is 0 Å². The molecule has 0 fully saturated rings. The third kappa shape index (κ3) is 2.86. The molecule has 1 nitrogen and oxygen atoms in total. The van der Waals surface area contributed by atoms with E-state index in [1.54, 1.807) is 0 Å². The highest BCUT2D eigenvalue weighted by Gasteiger charge is 2.50. The lowest BCUT2D eigenvalue weighted by molar-refractivity contribution is 0.690. The summed E-state index contributed by atoms with van der Waals surface area (Å²) in [7, 11) is 0. The number of nitrogens with zero attached hydrogens (tertiary/aromatic N) is 1. The molecule has 5 aromatic rings. The molecule has 0 atom stereocenters. The molecular formula is C36H29N. The van der Waals surface area contributed by atoms with E-state index in [0.29, 0.717) is 0 Å². The molecule has 37 heavy (non-hydrogen) atoms. The molecule has 0 unspecified atom stereocenters. The highest BCUT2D eigenvalue weighted by atomic mass is 15.1. The average Bonchev–Trinajstić information content (AvgIpc) is 3.25. The fourth-order valence-corrected chi connectivity index (χ4v) is 7.53. The molecule has 0 saturated heterocycles. The Hall–Kier alpha value is -4.10. The van der Waals surface area contributed by atoms with Crippen molar-refractivity contribution in [3.05, 3.63) is 160 Å². The van der Waals surface area contributed by atoms with Gasteiger partial charge in [0.25, 0.3) is 0 Å². The number of hydrogen-bond donors (Lipinski definition) is 0. The van der Waals surface area contributed by atoms with Crippen LogP contribution in [0.2, 0.25) is 0 Å². The van der Waals surface area contributed by atoms with Gasteiger partial charge in [0.1, 0.15) is 0 Å². The fraction of sp³-hybridized carbons (Fsp3) is 0.167. The maximum Gasteiger partial charge on any atom is 0.0719 e. The second-order valence-electron chi connectivity index (χ2n) is 10.8. The van der Waals surface area contributed by atoms with Gasteiger partial charge >= 0.3 is 0 Å². The number of fused-ring (bicyclic) bond motifs is 10. The third-order valence-corrected chi connectivity index (χ3v) is 8.95. The maximum absolute atomic E-state index is 2.60. The molecule has 5 aromatic carbocycles. The minimum atomic E-state index is -0.271. The molecule has 1 aliphatic heterocycles. The van der Waals surface area contributed by atoms with Crippen molar-refractivity contribution < 1.29 is 0 Å². The summed E-state index contributed by atoms with van der Waals surface area (Å²) in [6.45, 7) is 2.05. The van der Waals surface area contributed by atoms with E-state index < -0.39 is 0 Å². The minimum Gasteiger partial charge on any atom is -0.367 e. The van der Waals surface area contributed by atoms with E-state index in [9.17, 15) is 0 Å². The molecule has 0 radical (unpaired) electrons. The van der Waals surface area contributed by atoms with Crippen molar-refractivity contribution in [2.45, 2.75) is 31.2 Å². The lowest BCUT2D eigenvalue weighted by Gasteiger charge is -2.40. The zero-order valence-electron chi connectivity index (χ0n) is 21.0. The Kier molecular flexibility index (Phi) is 4.52. The van der Waals surface area contributed by atoms with Gasteiger partial charge in [-0.05, 0) is 81.0 Å². The number of hydrogen-bond acceptors (Lipinski definition) is 1. The number of aryl methyl sites for hydroxylation is 1. The van der Waals surface area contributed by atoms with Crippen LogP contribution in [0.25, 0.3) is 11.1 Å². The zero-order valence-corrected chi connectivity index (χ0v) is 21.0. The predicted molar refractivity (Wildman–Crippen MR) is 152 cm³/mol. The first-order valence-corrected chi connectivity index (χ1v) is 13.6. The lowest BCUT2D eigenvalue weighted by atomic mass is 9.61. The van der Waals surface area contributed by atoms with Crippen LogP contribution in [-0.2, 0) is 24.8 Å². The summed E-state index contributed by atoms with van der Waals surface area (Å²) in [5.41, 5.74) is 15.5. The second-order valence-corrected chi connectivity index (χ2v) is 10.8. The Morgan fingerprint density at radius 3 is 1.97 bits per heavy atom. The van der Waals surface area contributed by atoms with Gasteiger partial charge in [-0.1, -0.05) is 109 Å². The normalized spacial score (nSPS) is 15.9. The molecule has 0 amide bonds. The van der Waals surface area contributed by atoms with Crippen LogP contribution in [0.15, 0.2) is 115 Å². The van der Waals surface area contributed by atoms with Crippen LogP contribution in [0.1, 0.15) is 50.9 Å². The monoisotopic (exact) mass is 475 g/mol. The quantitative estimate of drug-likeness (QED) is 0.246. The van der Waals surface area contributed by atoms with E-state index in [4.69, 9.17) is 0 Å². The van der Waals surface area contributed by atoms with Gasteiger partial charge in [0, 0.05) is 18.8 Å². The van der Waals surface area contributed by atoms with Crippen molar-refractivity contribution in [3.63, 3.8) is 0 Å². The van der Waals surface area contributed by atoms with Crippen LogP contribution in [0.3, 0.4) is 0 Å². The largest absolute Gasteiger partial charge is 0.367 e. The molecule has 0 saturated carbocycles. The van der Waals surface area contributed by atoms with Crippen molar-refractivity contribution in [2.75, 3.05) is 11.4 Å². The Labute approximate surface area is 219 Å². The summed E-state index contributed by atoms with van der Waals surface area (Å²) in [5.74, 6) is 0. The highest BCUT2D eigenvalue weighted by molar-refractivity contribution is 5.89. The first-order chi connectivity index (χ1) is 18.4. The molecule has 8 rings (SSSR count). The summed E-state index contributed by atoms with van der Waals surface area (Å²) in [5, 5.41) is 0. The maximum atomic E-state index is 2.60. The van der Waals surface area contributed by atoms with Gasteiger partial charge in [0.05, 0.1) is 5.41 Å². The summed E-state index contributed by atoms with van der Waals surface area (Å²) < 4.78 is 0. The van der Waals surface area contributed by atoms with Gasteiger partial charge < -0.3 is 4.90 Å². The molecule has 0 N–H and O–H groups in total.